The fraction of sp³-hybridized carbons (Fsp3) is 0.529. The van der Waals surface area contributed by atoms with Gasteiger partial charge in [0.25, 0.3) is 5.91 Å². The Morgan fingerprint density at radius 3 is 2.57 bits per heavy atom. The molecule has 0 aliphatic heterocycles. The molecule has 0 heterocycles. The Morgan fingerprint density at radius 1 is 1.35 bits per heavy atom. The van der Waals surface area contributed by atoms with E-state index in [1.807, 2.05) is 31.4 Å². The fourth-order valence-corrected chi connectivity index (χ4v) is 2.74. The Labute approximate surface area is 141 Å². The first kappa shape index (κ1) is 19.4. The first-order chi connectivity index (χ1) is 10.8. The first-order valence-corrected chi connectivity index (χ1v) is 8.99. The number of aliphatic carboxylic acids is 1. The highest BCUT2D eigenvalue weighted by Gasteiger charge is 2.19. The van der Waals surface area contributed by atoms with Crippen LogP contribution in [0.1, 0.15) is 37.3 Å². The topological polar surface area (TPSA) is 75.6 Å². The molecule has 1 aromatic carbocycles. The lowest BCUT2D eigenvalue weighted by molar-refractivity contribution is -0.142. The van der Waals surface area contributed by atoms with Crippen LogP contribution in [0.2, 0.25) is 0 Å². The number of carbonyl (C=O) groups excluding carboxylic acids is 1. The summed E-state index contributed by atoms with van der Waals surface area (Å²) in [6.45, 7) is 6.06. The molecule has 6 heteroatoms. The lowest BCUT2D eigenvalue weighted by Gasteiger charge is -2.15. The smallest absolute Gasteiger partial charge is 0.326 e. The van der Waals surface area contributed by atoms with Gasteiger partial charge in [0, 0.05) is 0 Å². The van der Waals surface area contributed by atoms with Gasteiger partial charge in [0.05, 0.1) is 0 Å². The molecule has 0 spiro atoms. The molecule has 23 heavy (non-hydrogen) atoms. The van der Waals surface area contributed by atoms with Crippen molar-refractivity contribution in [1.82, 2.24) is 5.32 Å². The molecule has 0 aromatic heterocycles. The summed E-state index contributed by atoms with van der Waals surface area (Å²) >= 11 is 1.54. The molecule has 0 radical (unpaired) electrons. The van der Waals surface area contributed by atoms with Crippen molar-refractivity contribution in [3.63, 3.8) is 0 Å². The third kappa shape index (κ3) is 6.52. The molecule has 1 atom stereocenters. The highest BCUT2D eigenvalue weighted by Crippen LogP contribution is 2.23. The normalized spacial score (nSPS) is 12.0. The molecular weight excluding hydrogens is 314 g/mol. The summed E-state index contributed by atoms with van der Waals surface area (Å²) in [6.07, 6.45) is 2.29. The van der Waals surface area contributed by atoms with Crippen molar-refractivity contribution < 1.29 is 19.4 Å². The lowest BCUT2D eigenvalue weighted by atomic mass is 9.98. The fourth-order valence-electron chi connectivity index (χ4n) is 2.26. The predicted molar refractivity (Wildman–Crippen MR) is 93.3 cm³/mol. The number of carbonyl (C=O) groups is 2. The van der Waals surface area contributed by atoms with Crippen LogP contribution in [0.25, 0.3) is 0 Å². The molecule has 0 fully saturated rings. The number of rotatable bonds is 9. The van der Waals surface area contributed by atoms with E-state index in [0.29, 0.717) is 23.8 Å². The quantitative estimate of drug-likeness (QED) is 0.723. The molecule has 5 nitrogen and oxygen atoms in total. The van der Waals surface area contributed by atoms with E-state index in [-0.39, 0.29) is 6.61 Å². The zero-order chi connectivity index (χ0) is 17.4. The average Bonchev–Trinajstić information content (AvgIpc) is 2.48. The van der Waals surface area contributed by atoms with Crippen molar-refractivity contribution in [1.29, 1.82) is 0 Å². The van der Waals surface area contributed by atoms with Crippen LogP contribution in [0.15, 0.2) is 18.2 Å². The molecule has 128 valence electrons. The number of ether oxygens (including phenoxy) is 1. The van der Waals surface area contributed by atoms with E-state index < -0.39 is 17.9 Å². The number of aryl methyl sites for hydroxylation is 1. The van der Waals surface area contributed by atoms with Gasteiger partial charge in [0.15, 0.2) is 6.61 Å². The second-order valence-electron chi connectivity index (χ2n) is 5.70. The largest absolute Gasteiger partial charge is 0.484 e. The van der Waals surface area contributed by atoms with Crippen LogP contribution in [-0.4, -0.2) is 41.6 Å². The standard InChI is InChI=1S/C17H25NO4S/c1-11(2)14-6-5-13(9-12(14)3)22-10-16(19)18-15(17(20)21)7-8-23-4/h5-6,9,11,15H,7-8,10H2,1-4H3,(H,18,19)(H,20,21)/t15-/m1/s1. The molecular formula is C17H25NO4S. The lowest BCUT2D eigenvalue weighted by Crippen LogP contribution is -2.43. The van der Waals surface area contributed by atoms with Gasteiger partial charge in [-0.2, -0.15) is 11.8 Å². The summed E-state index contributed by atoms with van der Waals surface area (Å²) in [6, 6.07) is 4.85. The van der Waals surface area contributed by atoms with Crippen molar-refractivity contribution in [2.24, 2.45) is 0 Å². The zero-order valence-corrected chi connectivity index (χ0v) is 14.9. The molecule has 0 saturated heterocycles. The predicted octanol–water partition coefficient (Wildman–Crippen LogP) is 2.82. The maximum Gasteiger partial charge on any atom is 0.326 e. The summed E-state index contributed by atoms with van der Waals surface area (Å²) in [5.74, 6) is 0.264. The van der Waals surface area contributed by atoms with Gasteiger partial charge in [-0.1, -0.05) is 19.9 Å². The maximum absolute atomic E-state index is 11.8. The van der Waals surface area contributed by atoms with E-state index in [9.17, 15) is 9.59 Å². The third-order valence-electron chi connectivity index (χ3n) is 3.48. The highest BCUT2D eigenvalue weighted by atomic mass is 32.2. The van der Waals surface area contributed by atoms with Crippen molar-refractivity contribution in [3.05, 3.63) is 29.3 Å². The molecule has 0 aliphatic carbocycles. The van der Waals surface area contributed by atoms with Gasteiger partial charge in [-0.25, -0.2) is 4.79 Å². The van der Waals surface area contributed by atoms with Gasteiger partial charge in [-0.05, 0) is 54.5 Å². The van der Waals surface area contributed by atoms with Crippen LogP contribution >= 0.6 is 11.8 Å². The maximum atomic E-state index is 11.8. The number of amides is 1. The number of benzene rings is 1. The molecule has 1 aromatic rings. The van der Waals surface area contributed by atoms with Crippen LogP contribution in [0.3, 0.4) is 0 Å². The molecule has 0 unspecified atom stereocenters. The Kier molecular flexibility index (Phi) is 7.95. The number of hydrogen-bond donors (Lipinski definition) is 2. The van der Waals surface area contributed by atoms with Gasteiger partial charge in [0.2, 0.25) is 0 Å². The minimum atomic E-state index is -1.02. The average molecular weight is 339 g/mol. The van der Waals surface area contributed by atoms with Crippen LogP contribution in [0.4, 0.5) is 0 Å². The van der Waals surface area contributed by atoms with E-state index in [1.165, 1.54) is 5.56 Å². The highest BCUT2D eigenvalue weighted by molar-refractivity contribution is 7.98. The van der Waals surface area contributed by atoms with E-state index in [2.05, 4.69) is 19.2 Å². The molecule has 0 saturated carbocycles. The van der Waals surface area contributed by atoms with E-state index in [0.717, 1.165) is 5.56 Å². The SMILES string of the molecule is CSCC[C@@H](NC(=O)COc1ccc(C(C)C)c(C)c1)C(=O)O. The Morgan fingerprint density at radius 2 is 2.04 bits per heavy atom. The number of thioether (sulfide) groups is 1. The van der Waals surface area contributed by atoms with Crippen LogP contribution in [0, 0.1) is 6.92 Å². The third-order valence-corrected chi connectivity index (χ3v) is 4.12. The Hall–Kier alpha value is -1.69. The molecule has 0 aliphatic rings. The van der Waals surface area contributed by atoms with Crippen molar-refractivity contribution in [2.75, 3.05) is 18.6 Å². The second kappa shape index (κ2) is 9.45. The van der Waals surface area contributed by atoms with Gasteiger partial charge in [-0.15, -0.1) is 0 Å². The monoisotopic (exact) mass is 339 g/mol. The van der Waals surface area contributed by atoms with Crippen molar-refractivity contribution in [3.8, 4) is 5.75 Å². The second-order valence-corrected chi connectivity index (χ2v) is 6.69. The Bertz CT molecular complexity index is 545. The first-order valence-electron chi connectivity index (χ1n) is 7.59. The van der Waals surface area contributed by atoms with Crippen LogP contribution in [-0.2, 0) is 9.59 Å². The zero-order valence-electron chi connectivity index (χ0n) is 14.1. The summed E-state index contributed by atoms with van der Waals surface area (Å²) in [5, 5.41) is 11.6. The molecule has 1 rings (SSSR count). The summed E-state index contributed by atoms with van der Waals surface area (Å²) < 4.78 is 5.46. The number of carboxylic acids is 1. The summed E-state index contributed by atoms with van der Waals surface area (Å²) in [5.41, 5.74) is 2.35. The van der Waals surface area contributed by atoms with E-state index >= 15 is 0 Å². The van der Waals surface area contributed by atoms with Crippen LogP contribution < -0.4 is 10.1 Å². The molecule has 2 N–H and O–H groups in total. The van der Waals surface area contributed by atoms with Gasteiger partial charge >= 0.3 is 5.97 Å². The van der Waals surface area contributed by atoms with Crippen molar-refractivity contribution in [2.45, 2.75) is 39.2 Å². The molecule has 1 amide bonds. The number of hydrogen-bond acceptors (Lipinski definition) is 4. The minimum Gasteiger partial charge on any atom is -0.484 e. The number of nitrogens with one attached hydrogen (secondary N) is 1. The van der Waals surface area contributed by atoms with Gasteiger partial charge < -0.3 is 15.2 Å². The van der Waals surface area contributed by atoms with E-state index in [4.69, 9.17) is 9.84 Å². The number of carboxylic acid groups (broad SMARTS) is 1. The summed E-state index contributed by atoms with van der Waals surface area (Å²) in [4.78, 5) is 22.9. The Balaban J connectivity index is 2.55. The van der Waals surface area contributed by atoms with Crippen LogP contribution in [0.5, 0.6) is 5.75 Å². The van der Waals surface area contributed by atoms with E-state index in [1.54, 1.807) is 11.8 Å². The van der Waals surface area contributed by atoms with Crippen molar-refractivity contribution >= 4 is 23.6 Å². The minimum absolute atomic E-state index is 0.191. The molecule has 0 bridgehead atoms. The van der Waals surface area contributed by atoms with Gasteiger partial charge in [-0.3, -0.25) is 4.79 Å². The van der Waals surface area contributed by atoms with Gasteiger partial charge in [0.1, 0.15) is 11.8 Å². The summed E-state index contributed by atoms with van der Waals surface area (Å²) in [7, 11) is 0.